The highest BCUT2D eigenvalue weighted by molar-refractivity contribution is 9.10. The second-order valence-corrected chi connectivity index (χ2v) is 13.1. The van der Waals surface area contributed by atoms with E-state index in [1.54, 1.807) is 31.4 Å². The molecule has 10 heteroatoms. The van der Waals surface area contributed by atoms with E-state index in [-0.39, 0.29) is 24.9 Å². The number of anilines is 1. The maximum Gasteiger partial charge on any atom is 0.244 e. The fraction of sp³-hybridized carbons (Fsp3) is 0.355. The smallest absolute Gasteiger partial charge is 0.244 e. The van der Waals surface area contributed by atoms with Crippen molar-refractivity contribution in [2.45, 2.75) is 50.7 Å². The van der Waals surface area contributed by atoms with Gasteiger partial charge in [0.2, 0.25) is 21.8 Å². The first kappa shape index (κ1) is 30.6. The van der Waals surface area contributed by atoms with Crippen LogP contribution >= 0.6 is 15.9 Å². The molecule has 3 aromatic carbocycles. The van der Waals surface area contributed by atoms with E-state index < -0.39 is 28.5 Å². The van der Waals surface area contributed by atoms with E-state index in [1.807, 2.05) is 54.6 Å². The second-order valence-electron chi connectivity index (χ2n) is 10.3. The molecule has 1 aliphatic rings. The number of hydrogen-bond acceptors (Lipinski definition) is 5. The lowest BCUT2D eigenvalue weighted by molar-refractivity contribution is -0.140. The van der Waals surface area contributed by atoms with Gasteiger partial charge < -0.3 is 15.0 Å². The number of ether oxygens (including phenoxy) is 1. The monoisotopic (exact) mass is 641 g/mol. The van der Waals surface area contributed by atoms with Crippen LogP contribution in [0.3, 0.4) is 0 Å². The van der Waals surface area contributed by atoms with Crippen LogP contribution in [0.2, 0.25) is 0 Å². The van der Waals surface area contributed by atoms with Crippen LogP contribution in [0.1, 0.15) is 36.8 Å². The van der Waals surface area contributed by atoms with Gasteiger partial charge >= 0.3 is 0 Å². The minimum atomic E-state index is -3.84. The number of amides is 2. The van der Waals surface area contributed by atoms with Crippen molar-refractivity contribution in [3.8, 4) is 5.75 Å². The zero-order valence-electron chi connectivity index (χ0n) is 23.3. The third-order valence-corrected chi connectivity index (χ3v) is 9.06. The molecule has 0 radical (unpaired) electrons. The van der Waals surface area contributed by atoms with Crippen molar-refractivity contribution in [2.75, 3.05) is 24.2 Å². The highest BCUT2D eigenvalue weighted by atomic mass is 79.9. The Morgan fingerprint density at radius 2 is 1.63 bits per heavy atom. The summed E-state index contributed by atoms with van der Waals surface area (Å²) in [5.41, 5.74) is 2.00. The number of rotatable bonds is 12. The van der Waals surface area contributed by atoms with E-state index in [9.17, 15) is 18.0 Å². The van der Waals surface area contributed by atoms with Gasteiger partial charge in [-0.15, -0.1) is 0 Å². The number of sulfonamides is 1. The normalized spacial score (nSPS) is 14.3. The molecule has 1 fully saturated rings. The number of halogens is 1. The van der Waals surface area contributed by atoms with E-state index in [0.717, 1.165) is 47.4 Å². The molecular formula is C31H36BrN3O5S. The molecular weight excluding hydrogens is 606 g/mol. The summed E-state index contributed by atoms with van der Waals surface area (Å²) in [4.78, 5) is 29.6. The molecule has 0 saturated heterocycles. The fourth-order valence-electron chi connectivity index (χ4n) is 5.14. The Bertz CT molecular complexity index is 1440. The summed E-state index contributed by atoms with van der Waals surface area (Å²) in [6, 6.07) is 22.9. The van der Waals surface area contributed by atoms with Crippen molar-refractivity contribution in [1.29, 1.82) is 0 Å². The van der Waals surface area contributed by atoms with Crippen LogP contribution in [0.5, 0.6) is 5.75 Å². The van der Waals surface area contributed by atoms with Crippen LogP contribution in [-0.2, 0) is 32.6 Å². The number of benzene rings is 3. The second kappa shape index (κ2) is 14.0. The SMILES string of the molecule is COc1cccc(CN(C(=O)CN(c2ccccc2Br)S(C)(=O)=O)C(Cc2ccccc2)C(=O)NC2CCCC2)c1. The van der Waals surface area contributed by atoms with Crippen LogP contribution in [0.4, 0.5) is 5.69 Å². The molecule has 41 heavy (non-hydrogen) atoms. The summed E-state index contributed by atoms with van der Waals surface area (Å²) in [6.45, 7) is -0.368. The summed E-state index contributed by atoms with van der Waals surface area (Å²) >= 11 is 3.42. The fourth-order valence-corrected chi connectivity index (χ4v) is 6.62. The van der Waals surface area contributed by atoms with Gasteiger partial charge in [0.1, 0.15) is 18.3 Å². The van der Waals surface area contributed by atoms with E-state index in [0.29, 0.717) is 15.9 Å². The largest absolute Gasteiger partial charge is 0.497 e. The van der Waals surface area contributed by atoms with Crippen LogP contribution in [0.15, 0.2) is 83.3 Å². The summed E-state index contributed by atoms with van der Waals surface area (Å²) in [7, 11) is -2.27. The molecule has 3 aromatic rings. The van der Waals surface area contributed by atoms with Gasteiger partial charge in [0, 0.05) is 23.5 Å². The summed E-state index contributed by atoms with van der Waals surface area (Å²) < 4.78 is 32.9. The topological polar surface area (TPSA) is 96.0 Å². The Morgan fingerprint density at radius 1 is 0.976 bits per heavy atom. The lowest BCUT2D eigenvalue weighted by Crippen LogP contribution is -2.54. The first-order chi connectivity index (χ1) is 19.7. The number of para-hydroxylation sites is 1. The predicted molar refractivity (Wildman–Crippen MR) is 164 cm³/mol. The standard InChI is InChI=1S/C31H36BrN3O5S/c1-40-26-16-10-13-24(19-26)21-34(30(36)22-35(41(2,38)39)28-18-9-8-17-27(28)32)29(20-23-11-4-3-5-12-23)31(37)33-25-14-6-7-15-25/h3-5,8-13,16-19,25,29H,6-7,14-15,20-22H2,1-2H3,(H,33,37). The minimum absolute atomic E-state index is 0.0577. The first-order valence-electron chi connectivity index (χ1n) is 13.6. The van der Waals surface area contributed by atoms with Gasteiger partial charge in [-0.25, -0.2) is 8.42 Å². The average molecular weight is 643 g/mol. The van der Waals surface area contributed by atoms with Crippen molar-refractivity contribution in [1.82, 2.24) is 10.2 Å². The predicted octanol–water partition coefficient (Wildman–Crippen LogP) is 4.92. The van der Waals surface area contributed by atoms with E-state index in [4.69, 9.17) is 4.74 Å². The maximum atomic E-state index is 14.2. The summed E-state index contributed by atoms with van der Waals surface area (Å²) in [5, 5.41) is 3.17. The van der Waals surface area contributed by atoms with Gasteiger partial charge in [0.15, 0.2) is 0 Å². The average Bonchev–Trinajstić information content (AvgIpc) is 3.47. The Morgan fingerprint density at radius 3 is 2.29 bits per heavy atom. The molecule has 0 aromatic heterocycles. The van der Waals surface area contributed by atoms with Gasteiger partial charge in [0.05, 0.1) is 19.1 Å². The molecule has 1 unspecified atom stereocenters. The van der Waals surface area contributed by atoms with Crippen molar-refractivity contribution >= 4 is 43.5 Å². The van der Waals surface area contributed by atoms with Crippen molar-refractivity contribution in [3.63, 3.8) is 0 Å². The third-order valence-electron chi connectivity index (χ3n) is 7.26. The third kappa shape index (κ3) is 8.33. The molecule has 4 rings (SSSR count). The highest BCUT2D eigenvalue weighted by Gasteiger charge is 2.34. The van der Waals surface area contributed by atoms with E-state index >= 15 is 0 Å². The zero-order chi connectivity index (χ0) is 29.4. The van der Waals surface area contributed by atoms with Crippen molar-refractivity contribution < 1.29 is 22.7 Å². The Hall–Kier alpha value is -3.37. The number of nitrogens with one attached hydrogen (secondary N) is 1. The van der Waals surface area contributed by atoms with Crippen molar-refractivity contribution in [2.24, 2.45) is 0 Å². The van der Waals surface area contributed by atoms with Gasteiger partial charge in [-0.1, -0.05) is 67.4 Å². The van der Waals surface area contributed by atoms with Gasteiger partial charge in [-0.05, 0) is 64.2 Å². The van der Waals surface area contributed by atoms with E-state index in [2.05, 4.69) is 21.2 Å². The molecule has 8 nitrogen and oxygen atoms in total. The Labute approximate surface area is 250 Å². The number of hydrogen-bond donors (Lipinski definition) is 1. The van der Waals surface area contributed by atoms with Crippen LogP contribution < -0.4 is 14.4 Å². The molecule has 0 bridgehead atoms. The number of carbonyl (C=O) groups excluding carboxylic acids is 2. The number of carbonyl (C=O) groups is 2. The van der Waals surface area contributed by atoms with Gasteiger partial charge in [-0.2, -0.15) is 0 Å². The van der Waals surface area contributed by atoms with Crippen LogP contribution in [0, 0.1) is 0 Å². The van der Waals surface area contributed by atoms with Crippen molar-refractivity contribution in [3.05, 3.63) is 94.5 Å². The lowest BCUT2D eigenvalue weighted by atomic mass is 10.0. The maximum absolute atomic E-state index is 14.2. The van der Waals surface area contributed by atoms with Gasteiger partial charge in [-0.3, -0.25) is 13.9 Å². The Balaban J connectivity index is 1.74. The Kier molecular flexibility index (Phi) is 10.4. The quantitative estimate of drug-likeness (QED) is 0.303. The van der Waals surface area contributed by atoms with Crippen LogP contribution in [-0.4, -0.2) is 57.1 Å². The molecule has 2 amide bonds. The molecule has 1 atom stereocenters. The van der Waals surface area contributed by atoms with Gasteiger partial charge in [0.25, 0.3) is 0 Å². The molecule has 0 aliphatic heterocycles. The molecule has 218 valence electrons. The van der Waals surface area contributed by atoms with Crippen LogP contribution in [0.25, 0.3) is 0 Å². The van der Waals surface area contributed by atoms with E-state index in [1.165, 1.54) is 4.90 Å². The molecule has 1 N–H and O–H groups in total. The summed E-state index contributed by atoms with van der Waals surface area (Å²) in [5.74, 6) is -0.115. The molecule has 1 saturated carbocycles. The molecule has 1 aliphatic carbocycles. The number of nitrogens with zero attached hydrogens (tertiary/aromatic N) is 2. The summed E-state index contributed by atoms with van der Waals surface area (Å²) in [6.07, 6.45) is 5.25. The molecule has 0 heterocycles. The first-order valence-corrected chi connectivity index (χ1v) is 16.3. The minimum Gasteiger partial charge on any atom is -0.497 e. The lowest BCUT2D eigenvalue weighted by Gasteiger charge is -2.34. The molecule has 0 spiro atoms. The highest BCUT2D eigenvalue weighted by Crippen LogP contribution is 2.28. The number of methoxy groups -OCH3 is 1. The zero-order valence-corrected chi connectivity index (χ0v) is 25.7.